The molecule has 0 aromatic carbocycles. The van der Waals surface area contributed by atoms with E-state index < -0.39 is 6.10 Å². The fourth-order valence-corrected chi connectivity index (χ4v) is 0.935. The van der Waals surface area contributed by atoms with E-state index in [1.165, 1.54) is 19.8 Å². The van der Waals surface area contributed by atoms with Crippen molar-refractivity contribution in [3.63, 3.8) is 0 Å². The van der Waals surface area contributed by atoms with E-state index in [2.05, 4.69) is 6.92 Å². The Balaban J connectivity index is 3.18. The van der Waals surface area contributed by atoms with Crippen molar-refractivity contribution in [1.82, 2.24) is 0 Å². The van der Waals surface area contributed by atoms with Crippen LogP contribution >= 0.6 is 0 Å². The fraction of sp³-hybridized carbons (Fsp3) is 0.889. The summed E-state index contributed by atoms with van der Waals surface area (Å²) in [4.78, 5) is 10.9. The molecule has 2 nitrogen and oxygen atoms in total. The van der Waals surface area contributed by atoms with Crippen LogP contribution in [-0.2, 0) is 4.79 Å². The highest BCUT2D eigenvalue weighted by Gasteiger charge is 2.06. The molecule has 66 valence electrons. The SMILES string of the molecule is CCCCCCC(=O)C(C)O. The largest absolute Gasteiger partial charge is 0.386 e. The quantitative estimate of drug-likeness (QED) is 0.599. The summed E-state index contributed by atoms with van der Waals surface area (Å²) < 4.78 is 0. The van der Waals surface area contributed by atoms with Gasteiger partial charge in [0.25, 0.3) is 0 Å². The molecule has 0 radical (unpaired) electrons. The molecule has 2 heteroatoms. The maximum Gasteiger partial charge on any atom is 0.160 e. The minimum absolute atomic E-state index is 0.0268. The smallest absolute Gasteiger partial charge is 0.160 e. The summed E-state index contributed by atoms with van der Waals surface area (Å²) in [6, 6.07) is 0. The lowest BCUT2D eigenvalue weighted by Crippen LogP contribution is -2.15. The first-order chi connectivity index (χ1) is 5.18. The number of carbonyl (C=O) groups is 1. The summed E-state index contributed by atoms with van der Waals surface area (Å²) in [5, 5.41) is 8.83. The van der Waals surface area contributed by atoms with E-state index >= 15 is 0 Å². The summed E-state index contributed by atoms with van der Waals surface area (Å²) in [6.07, 6.45) is 4.18. The van der Waals surface area contributed by atoms with Crippen LogP contribution in [0.25, 0.3) is 0 Å². The van der Waals surface area contributed by atoms with Crippen LogP contribution in [0.2, 0.25) is 0 Å². The Morgan fingerprint density at radius 2 is 2.00 bits per heavy atom. The van der Waals surface area contributed by atoms with Crippen LogP contribution in [0.15, 0.2) is 0 Å². The molecule has 0 rings (SSSR count). The molecule has 0 aromatic rings. The summed E-state index contributed by atoms with van der Waals surface area (Å²) in [5.41, 5.74) is 0. The topological polar surface area (TPSA) is 37.3 Å². The Morgan fingerprint density at radius 3 is 2.45 bits per heavy atom. The predicted octanol–water partition coefficient (Wildman–Crippen LogP) is 1.91. The first kappa shape index (κ1) is 10.6. The lowest BCUT2D eigenvalue weighted by atomic mass is 10.1. The van der Waals surface area contributed by atoms with E-state index in [1.54, 1.807) is 0 Å². The number of aliphatic hydroxyl groups is 1. The Hall–Kier alpha value is -0.370. The molecular weight excluding hydrogens is 140 g/mol. The first-order valence-electron chi connectivity index (χ1n) is 4.39. The molecular formula is C9H18O2. The highest BCUT2D eigenvalue weighted by atomic mass is 16.3. The lowest BCUT2D eigenvalue weighted by Gasteiger charge is -2.01. The van der Waals surface area contributed by atoms with E-state index in [-0.39, 0.29) is 5.78 Å². The van der Waals surface area contributed by atoms with Crippen LogP contribution in [0, 0.1) is 0 Å². The van der Waals surface area contributed by atoms with Gasteiger partial charge in [-0.2, -0.15) is 0 Å². The van der Waals surface area contributed by atoms with Gasteiger partial charge in [-0.05, 0) is 13.3 Å². The second-order valence-electron chi connectivity index (χ2n) is 2.95. The lowest BCUT2D eigenvalue weighted by molar-refractivity contribution is -0.126. The minimum atomic E-state index is -0.767. The van der Waals surface area contributed by atoms with Gasteiger partial charge < -0.3 is 5.11 Å². The molecule has 0 spiro atoms. The maximum atomic E-state index is 10.9. The zero-order valence-electron chi connectivity index (χ0n) is 7.47. The van der Waals surface area contributed by atoms with Crippen LogP contribution in [0.1, 0.15) is 46.0 Å². The fourth-order valence-electron chi connectivity index (χ4n) is 0.935. The molecule has 1 unspecified atom stereocenters. The number of rotatable bonds is 6. The van der Waals surface area contributed by atoms with Gasteiger partial charge in [0.05, 0.1) is 0 Å². The van der Waals surface area contributed by atoms with Gasteiger partial charge in [-0.1, -0.05) is 26.2 Å². The molecule has 11 heavy (non-hydrogen) atoms. The number of carbonyl (C=O) groups excluding carboxylic acids is 1. The van der Waals surface area contributed by atoms with Gasteiger partial charge in [-0.3, -0.25) is 4.79 Å². The normalized spacial score (nSPS) is 13.0. The van der Waals surface area contributed by atoms with Gasteiger partial charge >= 0.3 is 0 Å². The monoisotopic (exact) mass is 158 g/mol. The first-order valence-corrected chi connectivity index (χ1v) is 4.39. The average molecular weight is 158 g/mol. The van der Waals surface area contributed by atoms with Gasteiger partial charge in [0.1, 0.15) is 6.10 Å². The highest BCUT2D eigenvalue weighted by molar-refractivity contribution is 5.82. The van der Waals surface area contributed by atoms with E-state index in [0.717, 1.165) is 12.8 Å². The minimum Gasteiger partial charge on any atom is -0.386 e. The van der Waals surface area contributed by atoms with Gasteiger partial charge in [0.2, 0.25) is 0 Å². The Bertz CT molecular complexity index is 108. The van der Waals surface area contributed by atoms with E-state index in [9.17, 15) is 4.79 Å². The molecule has 0 amide bonds. The van der Waals surface area contributed by atoms with Crippen molar-refractivity contribution in [3.8, 4) is 0 Å². The zero-order valence-corrected chi connectivity index (χ0v) is 7.47. The molecule has 1 atom stereocenters. The van der Waals surface area contributed by atoms with Gasteiger partial charge in [0, 0.05) is 6.42 Å². The van der Waals surface area contributed by atoms with Crippen LogP contribution in [0.4, 0.5) is 0 Å². The molecule has 0 aromatic heterocycles. The van der Waals surface area contributed by atoms with Gasteiger partial charge in [0.15, 0.2) is 5.78 Å². The number of Topliss-reactive ketones (excluding diaryl/α,β-unsaturated/α-hetero) is 1. The van der Waals surface area contributed by atoms with Crippen molar-refractivity contribution in [1.29, 1.82) is 0 Å². The van der Waals surface area contributed by atoms with Crippen LogP contribution in [-0.4, -0.2) is 17.0 Å². The van der Waals surface area contributed by atoms with Gasteiger partial charge in [-0.25, -0.2) is 0 Å². The molecule has 0 saturated heterocycles. The maximum absolute atomic E-state index is 10.9. The number of unbranched alkanes of at least 4 members (excludes halogenated alkanes) is 3. The Kier molecular flexibility index (Phi) is 6.13. The second-order valence-corrected chi connectivity index (χ2v) is 2.95. The van der Waals surface area contributed by atoms with Gasteiger partial charge in [-0.15, -0.1) is 0 Å². The third-order valence-corrected chi connectivity index (χ3v) is 1.74. The van der Waals surface area contributed by atoms with Crippen molar-refractivity contribution in [2.75, 3.05) is 0 Å². The molecule has 0 aliphatic rings. The number of ketones is 1. The molecule has 0 aliphatic heterocycles. The van der Waals surface area contributed by atoms with Crippen molar-refractivity contribution in [2.24, 2.45) is 0 Å². The van der Waals surface area contributed by atoms with E-state index in [1.807, 2.05) is 0 Å². The summed E-state index contributed by atoms with van der Waals surface area (Å²) in [6.45, 7) is 3.67. The van der Waals surface area contributed by atoms with Crippen molar-refractivity contribution in [2.45, 2.75) is 52.1 Å². The third kappa shape index (κ3) is 6.05. The molecule has 0 saturated carbocycles. The summed E-state index contributed by atoms with van der Waals surface area (Å²) in [5.74, 6) is -0.0268. The molecule has 0 bridgehead atoms. The van der Waals surface area contributed by atoms with Crippen molar-refractivity contribution < 1.29 is 9.90 Å². The van der Waals surface area contributed by atoms with Crippen LogP contribution in [0.3, 0.4) is 0 Å². The van der Waals surface area contributed by atoms with Crippen LogP contribution < -0.4 is 0 Å². The average Bonchev–Trinajstić information content (AvgIpc) is 1.97. The van der Waals surface area contributed by atoms with Crippen molar-refractivity contribution in [3.05, 3.63) is 0 Å². The molecule has 0 fully saturated rings. The standard InChI is InChI=1S/C9H18O2/c1-3-4-5-6-7-9(11)8(2)10/h8,10H,3-7H2,1-2H3. The third-order valence-electron chi connectivity index (χ3n) is 1.74. The number of hydrogen-bond donors (Lipinski definition) is 1. The number of aliphatic hydroxyl groups excluding tert-OH is 1. The molecule has 1 N–H and O–H groups in total. The van der Waals surface area contributed by atoms with E-state index in [4.69, 9.17) is 5.11 Å². The molecule has 0 heterocycles. The van der Waals surface area contributed by atoms with E-state index in [0.29, 0.717) is 6.42 Å². The Labute approximate surface area is 68.6 Å². The predicted molar refractivity (Wildman–Crippen MR) is 45.4 cm³/mol. The van der Waals surface area contributed by atoms with Crippen molar-refractivity contribution >= 4 is 5.78 Å². The Morgan fingerprint density at radius 1 is 1.36 bits per heavy atom. The summed E-state index contributed by atoms with van der Waals surface area (Å²) in [7, 11) is 0. The number of hydrogen-bond acceptors (Lipinski definition) is 2. The second kappa shape index (κ2) is 6.35. The zero-order chi connectivity index (χ0) is 8.69. The summed E-state index contributed by atoms with van der Waals surface area (Å²) >= 11 is 0. The van der Waals surface area contributed by atoms with Crippen LogP contribution in [0.5, 0.6) is 0 Å². The molecule has 0 aliphatic carbocycles. The highest BCUT2D eigenvalue weighted by Crippen LogP contribution is 2.04.